The van der Waals surface area contributed by atoms with Crippen LogP contribution in [0.3, 0.4) is 0 Å². The zero-order chi connectivity index (χ0) is 14.5. The number of carbonyl (C=O) groups is 1. The summed E-state index contributed by atoms with van der Waals surface area (Å²) < 4.78 is 5.41. The second-order valence-corrected chi connectivity index (χ2v) is 4.95. The van der Waals surface area contributed by atoms with E-state index in [-0.39, 0.29) is 18.4 Å². The SMILES string of the molecule is Cc1[nH]c(=O)[nH]c(=O)c1CCC(=O)NC[C@H]1CCCO1. The molecule has 0 aliphatic carbocycles. The molecule has 1 aliphatic rings. The van der Waals surface area contributed by atoms with Crippen molar-refractivity contribution in [3.8, 4) is 0 Å². The molecule has 1 fully saturated rings. The normalized spacial score (nSPS) is 18.1. The topological polar surface area (TPSA) is 104 Å². The molecule has 0 unspecified atom stereocenters. The molecule has 0 radical (unpaired) electrons. The van der Waals surface area contributed by atoms with E-state index in [4.69, 9.17) is 4.74 Å². The molecule has 1 aliphatic heterocycles. The predicted molar refractivity (Wildman–Crippen MR) is 72.7 cm³/mol. The van der Waals surface area contributed by atoms with Gasteiger partial charge in [-0.2, -0.15) is 0 Å². The maximum atomic E-state index is 11.7. The van der Waals surface area contributed by atoms with Crippen molar-refractivity contribution in [2.24, 2.45) is 0 Å². The van der Waals surface area contributed by atoms with Gasteiger partial charge in [-0.3, -0.25) is 14.6 Å². The van der Waals surface area contributed by atoms with E-state index < -0.39 is 11.2 Å². The van der Waals surface area contributed by atoms with Gasteiger partial charge in [-0.15, -0.1) is 0 Å². The standard InChI is InChI=1S/C13H19N3O4/c1-8-10(12(18)16-13(19)15-8)4-5-11(17)14-7-9-3-2-6-20-9/h9H,2-7H2,1H3,(H,14,17)(H2,15,16,18,19)/t9-/m1/s1. The fraction of sp³-hybridized carbons (Fsp3) is 0.615. The van der Waals surface area contributed by atoms with Crippen LogP contribution in [0.4, 0.5) is 0 Å². The van der Waals surface area contributed by atoms with Crippen LogP contribution in [0, 0.1) is 6.92 Å². The molecule has 1 amide bonds. The highest BCUT2D eigenvalue weighted by Crippen LogP contribution is 2.10. The fourth-order valence-corrected chi connectivity index (χ4v) is 2.29. The summed E-state index contributed by atoms with van der Waals surface area (Å²) in [5, 5.41) is 2.80. The van der Waals surface area contributed by atoms with Crippen molar-refractivity contribution in [1.82, 2.24) is 15.3 Å². The minimum Gasteiger partial charge on any atom is -0.376 e. The largest absolute Gasteiger partial charge is 0.376 e. The zero-order valence-electron chi connectivity index (χ0n) is 11.5. The summed E-state index contributed by atoms with van der Waals surface area (Å²) >= 11 is 0. The molecule has 7 heteroatoms. The van der Waals surface area contributed by atoms with E-state index in [1.807, 2.05) is 0 Å². The van der Waals surface area contributed by atoms with Crippen LogP contribution in [-0.4, -0.2) is 35.1 Å². The average Bonchev–Trinajstić information content (AvgIpc) is 2.88. The van der Waals surface area contributed by atoms with E-state index in [9.17, 15) is 14.4 Å². The van der Waals surface area contributed by atoms with E-state index >= 15 is 0 Å². The Hall–Kier alpha value is -1.89. The third-order valence-corrected chi connectivity index (χ3v) is 3.41. The Morgan fingerprint density at radius 2 is 2.20 bits per heavy atom. The van der Waals surface area contributed by atoms with Gasteiger partial charge in [-0.1, -0.05) is 0 Å². The Labute approximate surface area is 115 Å². The third kappa shape index (κ3) is 3.80. The van der Waals surface area contributed by atoms with Crippen LogP contribution in [0.25, 0.3) is 0 Å². The number of H-pyrrole nitrogens is 2. The highest BCUT2D eigenvalue weighted by Gasteiger charge is 2.16. The maximum Gasteiger partial charge on any atom is 0.325 e. The summed E-state index contributed by atoms with van der Waals surface area (Å²) in [5.41, 5.74) is -0.0141. The van der Waals surface area contributed by atoms with Gasteiger partial charge in [0.25, 0.3) is 5.56 Å². The molecule has 0 saturated carbocycles. The van der Waals surface area contributed by atoms with E-state index in [2.05, 4.69) is 15.3 Å². The van der Waals surface area contributed by atoms with Gasteiger partial charge in [0.1, 0.15) is 0 Å². The summed E-state index contributed by atoms with van der Waals surface area (Å²) in [7, 11) is 0. The van der Waals surface area contributed by atoms with Crippen LogP contribution in [0.5, 0.6) is 0 Å². The van der Waals surface area contributed by atoms with E-state index in [0.717, 1.165) is 19.4 Å². The van der Waals surface area contributed by atoms with Gasteiger partial charge in [-0.25, -0.2) is 4.79 Å². The molecule has 0 bridgehead atoms. The van der Waals surface area contributed by atoms with Crippen molar-refractivity contribution in [1.29, 1.82) is 0 Å². The van der Waals surface area contributed by atoms with Gasteiger partial charge in [0, 0.05) is 30.8 Å². The van der Waals surface area contributed by atoms with Gasteiger partial charge >= 0.3 is 5.69 Å². The number of ether oxygens (including phenoxy) is 1. The number of carbonyl (C=O) groups excluding carboxylic acids is 1. The molecule has 7 nitrogen and oxygen atoms in total. The van der Waals surface area contributed by atoms with Gasteiger partial charge in [0.2, 0.25) is 5.91 Å². The molecule has 0 spiro atoms. The third-order valence-electron chi connectivity index (χ3n) is 3.41. The first kappa shape index (κ1) is 14.5. The molecular formula is C13H19N3O4. The highest BCUT2D eigenvalue weighted by molar-refractivity contribution is 5.76. The molecule has 1 saturated heterocycles. The quantitative estimate of drug-likeness (QED) is 0.683. The second-order valence-electron chi connectivity index (χ2n) is 4.95. The van der Waals surface area contributed by atoms with Crippen LogP contribution in [0.15, 0.2) is 9.59 Å². The van der Waals surface area contributed by atoms with E-state index in [0.29, 0.717) is 24.2 Å². The number of aryl methyl sites for hydroxylation is 1. The van der Waals surface area contributed by atoms with Crippen molar-refractivity contribution >= 4 is 5.91 Å². The first-order valence-corrected chi connectivity index (χ1v) is 6.76. The Morgan fingerprint density at radius 1 is 1.40 bits per heavy atom. The average molecular weight is 281 g/mol. The van der Waals surface area contributed by atoms with E-state index in [1.165, 1.54) is 0 Å². The maximum absolute atomic E-state index is 11.7. The number of hydrogen-bond donors (Lipinski definition) is 3. The lowest BCUT2D eigenvalue weighted by Gasteiger charge is -2.10. The van der Waals surface area contributed by atoms with Crippen molar-refractivity contribution in [2.45, 2.75) is 38.7 Å². The lowest BCUT2D eigenvalue weighted by Crippen LogP contribution is -2.33. The summed E-state index contributed by atoms with van der Waals surface area (Å²) in [4.78, 5) is 39.1. The molecule has 1 aromatic heterocycles. The molecule has 20 heavy (non-hydrogen) atoms. The molecular weight excluding hydrogens is 262 g/mol. The Morgan fingerprint density at radius 3 is 2.85 bits per heavy atom. The summed E-state index contributed by atoms with van der Waals surface area (Å²) in [6.07, 6.45) is 2.63. The molecule has 2 heterocycles. The minimum atomic E-state index is -0.529. The Balaban J connectivity index is 1.84. The lowest BCUT2D eigenvalue weighted by molar-refractivity contribution is -0.121. The van der Waals surface area contributed by atoms with E-state index in [1.54, 1.807) is 6.92 Å². The first-order valence-electron chi connectivity index (χ1n) is 6.76. The van der Waals surface area contributed by atoms with Crippen LogP contribution < -0.4 is 16.6 Å². The Kier molecular flexibility index (Phi) is 4.73. The zero-order valence-corrected chi connectivity index (χ0v) is 11.5. The molecule has 1 atom stereocenters. The fourth-order valence-electron chi connectivity index (χ4n) is 2.29. The monoisotopic (exact) mass is 281 g/mol. The summed E-state index contributed by atoms with van der Waals surface area (Å²) in [6.45, 7) is 2.92. The van der Waals surface area contributed by atoms with Gasteiger partial charge in [0.05, 0.1) is 6.10 Å². The van der Waals surface area contributed by atoms with Crippen molar-refractivity contribution in [3.05, 3.63) is 32.1 Å². The van der Waals surface area contributed by atoms with Crippen molar-refractivity contribution in [2.75, 3.05) is 13.2 Å². The number of aromatic amines is 2. The molecule has 0 aromatic carbocycles. The van der Waals surface area contributed by atoms with Crippen LogP contribution in [-0.2, 0) is 16.0 Å². The highest BCUT2D eigenvalue weighted by atomic mass is 16.5. The number of hydrogen-bond acceptors (Lipinski definition) is 4. The number of nitrogens with one attached hydrogen (secondary N) is 3. The van der Waals surface area contributed by atoms with Crippen LogP contribution in [0.1, 0.15) is 30.5 Å². The van der Waals surface area contributed by atoms with Crippen molar-refractivity contribution < 1.29 is 9.53 Å². The van der Waals surface area contributed by atoms with Gasteiger partial charge < -0.3 is 15.0 Å². The molecule has 2 rings (SSSR count). The molecule has 110 valence electrons. The summed E-state index contributed by atoms with van der Waals surface area (Å²) in [6, 6.07) is 0. The first-order chi connectivity index (χ1) is 9.56. The number of rotatable bonds is 5. The number of amides is 1. The summed E-state index contributed by atoms with van der Waals surface area (Å²) in [5.74, 6) is -0.120. The predicted octanol–water partition coefficient (Wildman–Crippen LogP) is -0.401. The van der Waals surface area contributed by atoms with Crippen molar-refractivity contribution in [3.63, 3.8) is 0 Å². The number of aromatic nitrogens is 2. The van der Waals surface area contributed by atoms with Crippen LogP contribution >= 0.6 is 0 Å². The second kappa shape index (κ2) is 6.51. The van der Waals surface area contributed by atoms with Gasteiger partial charge in [-0.05, 0) is 26.2 Å². The molecule has 1 aromatic rings. The molecule has 3 N–H and O–H groups in total. The minimum absolute atomic E-state index is 0.108. The van der Waals surface area contributed by atoms with Gasteiger partial charge in [0.15, 0.2) is 0 Å². The Bertz CT molecular complexity index is 584. The smallest absolute Gasteiger partial charge is 0.325 e. The lowest BCUT2D eigenvalue weighted by atomic mass is 10.1. The van der Waals surface area contributed by atoms with Crippen LogP contribution in [0.2, 0.25) is 0 Å².